The van der Waals surface area contributed by atoms with Crippen LogP contribution in [0.2, 0.25) is 0 Å². The van der Waals surface area contributed by atoms with E-state index in [4.69, 9.17) is 4.42 Å². The molecule has 0 radical (unpaired) electrons. The van der Waals surface area contributed by atoms with E-state index >= 15 is 0 Å². The van der Waals surface area contributed by atoms with Crippen molar-refractivity contribution in [1.82, 2.24) is 25.6 Å². The molecule has 0 unspecified atom stereocenters. The highest BCUT2D eigenvalue weighted by Crippen LogP contribution is 2.21. The quantitative estimate of drug-likeness (QED) is 0.374. The number of furan rings is 1. The first kappa shape index (κ1) is 19.5. The molecule has 4 aromatic rings. The molecule has 4 rings (SSSR count). The van der Waals surface area contributed by atoms with E-state index in [2.05, 4.69) is 20.9 Å². The monoisotopic (exact) mass is 418 g/mol. The number of benzene rings is 2. The fourth-order valence-corrected chi connectivity index (χ4v) is 2.71. The topological polar surface area (TPSA) is 145 Å². The van der Waals surface area contributed by atoms with E-state index in [1.54, 1.807) is 0 Å². The molecule has 11 nitrogen and oxygen atoms in total. The van der Waals surface area contributed by atoms with Crippen LogP contribution in [0, 0.1) is 10.1 Å². The van der Waals surface area contributed by atoms with Crippen molar-refractivity contribution in [2.75, 3.05) is 0 Å². The Bertz CT molecular complexity index is 1190. The smallest absolute Gasteiger partial charge is 0.395 e. The largest absolute Gasteiger partial charge is 0.433 e. The molecule has 11 heteroatoms. The summed E-state index contributed by atoms with van der Waals surface area (Å²) in [7, 11) is 0. The number of nitrogens with zero attached hydrogens (tertiary/aromatic N) is 4. The molecular weight excluding hydrogens is 404 g/mol. The summed E-state index contributed by atoms with van der Waals surface area (Å²) >= 11 is 0. The highest BCUT2D eigenvalue weighted by Gasteiger charge is 2.21. The van der Waals surface area contributed by atoms with Gasteiger partial charge in [0.15, 0.2) is 5.82 Å². The van der Waals surface area contributed by atoms with Crippen molar-refractivity contribution >= 4 is 17.7 Å². The molecular formula is C20H14N6O5. The lowest BCUT2D eigenvalue weighted by Crippen LogP contribution is -2.42. The van der Waals surface area contributed by atoms with Gasteiger partial charge in [0, 0.05) is 5.56 Å². The second-order valence-electron chi connectivity index (χ2n) is 6.18. The maximum atomic E-state index is 12.5. The van der Waals surface area contributed by atoms with E-state index in [1.807, 2.05) is 60.7 Å². The van der Waals surface area contributed by atoms with Gasteiger partial charge in [-0.25, -0.2) is 9.67 Å². The number of carbonyl (C=O) groups is 2. The van der Waals surface area contributed by atoms with E-state index in [0.717, 1.165) is 17.7 Å². The lowest BCUT2D eigenvalue weighted by Gasteiger charge is -2.05. The Morgan fingerprint density at radius 2 is 1.55 bits per heavy atom. The van der Waals surface area contributed by atoms with Gasteiger partial charge in [0.25, 0.3) is 0 Å². The van der Waals surface area contributed by atoms with E-state index < -0.39 is 22.6 Å². The zero-order valence-electron chi connectivity index (χ0n) is 15.8. The molecule has 0 aliphatic heterocycles. The highest BCUT2D eigenvalue weighted by atomic mass is 16.6. The number of nitro groups is 1. The van der Waals surface area contributed by atoms with Crippen LogP contribution in [0.4, 0.5) is 5.88 Å². The third-order valence-corrected chi connectivity index (χ3v) is 4.13. The number of rotatable bonds is 5. The van der Waals surface area contributed by atoms with Gasteiger partial charge in [-0.1, -0.05) is 48.5 Å². The molecule has 0 saturated heterocycles. The van der Waals surface area contributed by atoms with Crippen molar-refractivity contribution in [3.63, 3.8) is 0 Å². The molecule has 0 aliphatic rings. The van der Waals surface area contributed by atoms with E-state index in [1.165, 1.54) is 4.68 Å². The van der Waals surface area contributed by atoms with Gasteiger partial charge < -0.3 is 4.42 Å². The molecule has 0 spiro atoms. The van der Waals surface area contributed by atoms with Crippen LogP contribution < -0.4 is 10.9 Å². The molecule has 0 fully saturated rings. The standard InChI is InChI=1S/C20H14N6O5/c27-19(15-11-12-16(31-15)26(29)30)22-23-20(28)17-21-18(13-7-3-1-4-8-13)25(24-17)14-9-5-2-6-10-14/h1-12H,(H,22,27)(H,23,28). The molecule has 0 aliphatic carbocycles. The second-order valence-corrected chi connectivity index (χ2v) is 6.18. The highest BCUT2D eigenvalue weighted by molar-refractivity contribution is 5.96. The molecule has 2 N–H and O–H groups in total. The summed E-state index contributed by atoms with van der Waals surface area (Å²) in [4.78, 5) is 38.7. The van der Waals surface area contributed by atoms with Crippen LogP contribution in [0.1, 0.15) is 21.2 Å². The molecule has 2 heterocycles. The molecule has 154 valence electrons. The van der Waals surface area contributed by atoms with Crippen LogP contribution in [0.25, 0.3) is 17.1 Å². The minimum absolute atomic E-state index is 0.187. The number of para-hydroxylation sites is 1. The van der Waals surface area contributed by atoms with Crippen LogP contribution in [0.3, 0.4) is 0 Å². The summed E-state index contributed by atoms with van der Waals surface area (Å²) in [5.74, 6) is -2.32. The number of hydrogen-bond acceptors (Lipinski definition) is 7. The summed E-state index contributed by atoms with van der Waals surface area (Å²) < 4.78 is 6.30. The van der Waals surface area contributed by atoms with Crippen LogP contribution >= 0.6 is 0 Å². The van der Waals surface area contributed by atoms with E-state index in [0.29, 0.717) is 11.5 Å². The molecule has 2 aromatic heterocycles. The van der Waals surface area contributed by atoms with Crippen molar-refractivity contribution in [3.05, 3.63) is 94.5 Å². The molecule has 0 atom stereocenters. The van der Waals surface area contributed by atoms with E-state index in [9.17, 15) is 19.7 Å². The number of hydrazine groups is 1. The normalized spacial score (nSPS) is 10.5. The average molecular weight is 418 g/mol. The fourth-order valence-electron chi connectivity index (χ4n) is 2.71. The molecule has 0 saturated carbocycles. The van der Waals surface area contributed by atoms with Crippen molar-refractivity contribution < 1.29 is 18.9 Å². The van der Waals surface area contributed by atoms with Gasteiger partial charge in [-0.05, 0) is 18.2 Å². The maximum Gasteiger partial charge on any atom is 0.433 e. The van der Waals surface area contributed by atoms with Crippen LogP contribution in [0.5, 0.6) is 0 Å². The third kappa shape index (κ3) is 4.15. The fraction of sp³-hybridized carbons (Fsp3) is 0. The first-order valence-electron chi connectivity index (χ1n) is 8.96. The minimum Gasteiger partial charge on any atom is -0.395 e. The van der Waals surface area contributed by atoms with Crippen LogP contribution in [-0.2, 0) is 0 Å². The first-order chi connectivity index (χ1) is 15.0. The van der Waals surface area contributed by atoms with Gasteiger partial charge in [-0.3, -0.25) is 30.6 Å². The molecule has 2 amide bonds. The van der Waals surface area contributed by atoms with Gasteiger partial charge in [0.05, 0.1) is 11.8 Å². The zero-order chi connectivity index (χ0) is 21.8. The lowest BCUT2D eigenvalue weighted by atomic mass is 10.2. The Morgan fingerprint density at radius 3 is 2.19 bits per heavy atom. The SMILES string of the molecule is O=C(NNC(=O)c1ccc([N+](=O)[O-])o1)c1nc(-c2ccccc2)n(-c2ccccc2)n1. The summed E-state index contributed by atoms with van der Waals surface area (Å²) in [5, 5.41) is 14.9. The van der Waals surface area contributed by atoms with E-state index in [-0.39, 0.29) is 11.6 Å². The number of hydrogen-bond donors (Lipinski definition) is 2. The predicted octanol–water partition coefficient (Wildman–Crippen LogP) is 2.51. The molecule has 0 bridgehead atoms. The summed E-state index contributed by atoms with van der Waals surface area (Å²) in [6, 6.07) is 20.5. The number of aromatic nitrogens is 3. The van der Waals surface area contributed by atoms with Crippen molar-refractivity contribution in [3.8, 4) is 17.1 Å². The second kappa shape index (κ2) is 8.29. The van der Waals surface area contributed by atoms with Gasteiger partial charge >= 0.3 is 17.7 Å². The summed E-state index contributed by atoms with van der Waals surface area (Å²) in [5.41, 5.74) is 5.72. The van der Waals surface area contributed by atoms with Crippen molar-refractivity contribution in [2.24, 2.45) is 0 Å². The average Bonchev–Trinajstić information content (AvgIpc) is 3.47. The Kier molecular flexibility index (Phi) is 5.22. The van der Waals surface area contributed by atoms with Gasteiger partial charge in [-0.2, -0.15) is 0 Å². The Balaban J connectivity index is 1.56. The molecule has 31 heavy (non-hydrogen) atoms. The predicted molar refractivity (Wildman–Crippen MR) is 107 cm³/mol. The number of amides is 2. The minimum atomic E-state index is -0.868. The number of carbonyl (C=O) groups excluding carboxylic acids is 2. The number of nitrogens with one attached hydrogen (secondary N) is 2. The van der Waals surface area contributed by atoms with Gasteiger partial charge in [0.1, 0.15) is 4.92 Å². The lowest BCUT2D eigenvalue weighted by molar-refractivity contribution is -0.402. The van der Waals surface area contributed by atoms with Gasteiger partial charge in [-0.15, -0.1) is 5.10 Å². The Morgan fingerprint density at radius 1 is 0.903 bits per heavy atom. The summed E-state index contributed by atoms with van der Waals surface area (Å²) in [6.07, 6.45) is 0. The third-order valence-electron chi connectivity index (χ3n) is 4.13. The van der Waals surface area contributed by atoms with Gasteiger partial charge in [0.2, 0.25) is 11.6 Å². The van der Waals surface area contributed by atoms with Crippen molar-refractivity contribution in [2.45, 2.75) is 0 Å². The van der Waals surface area contributed by atoms with Crippen LogP contribution in [-0.4, -0.2) is 31.5 Å². The van der Waals surface area contributed by atoms with Crippen molar-refractivity contribution in [1.29, 1.82) is 0 Å². The molecule has 2 aromatic carbocycles. The summed E-state index contributed by atoms with van der Waals surface area (Å²) in [6.45, 7) is 0. The van der Waals surface area contributed by atoms with Crippen LogP contribution in [0.15, 0.2) is 77.2 Å². The maximum absolute atomic E-state index is 12.5. The Hall–Kier alpha value is -4.80. The first-order valence-corrected chi connectivity index (χ1v) is 8.96. The zero-order valence-corrected chi connectivity index (χ0v) is 15.8. The Labute approximate surface area is 174 Å².